The molecule has 1 aromatic carbocycles. The summed E-state index contributed by atoms with van der Waals surface area (Å²) in [4.78, 5) is 33.1. The molecule has 0 spiro atoms. The fourth-order valence-electron chi connectivity index (χ4n) is 3.03. The van der Waals surface area contributed by atoms with Crippen LogP contribution in [0.2, 0.25) is 0 Å². The maximum absolute atomic E-state index is 12.5. The molecule has 28 heavy (non-hydrogen) atoms. The predicted octanol–water partition coefficient (Wildman–Crippen LogP) is 1.18. The highest BCUT2D eigenvalue weighted by molar-refractivity contribution is 5.97. The molecule has 2 aromatic rings. The summed E-state index contributed by atoms with van der Waals surface area (Å²) in [6.45, 7) is 2.56. The Morgan fingerprint density at radius 1 is 1.04 bits per heavy atom. The molecule has 1 aliphatic heterocycles. The van der Waals surface area contributed by atoms with Gasteiger partial charge in [-0.05, 0) is 24.3 Å². The number of rotatable bonds is 6. The monoisotopic (exact) mass is 384 g/mol. The summed E-state index contributed by atoms with van der Waals surface area (Å²) >= 11 is 0. The fourth-order valence-corrected chi connectivity index (χ4v) is 3.03. The highest BCUT2D eigenvalue weighted by Gasteiger charge is 2.22. The van der Waals surface area contributed by atoms with Crippen molar-refractivity contribution in [1.29, 1.82) is 0 Å². The van der Waals surface area contributed by atoms with Crippen LogP contribution in [0.4, 0.5) is 5.82 Å². The van der Waals surface area contributed by atoms with Gasteiger partial charge in [0.2, 0.25) is 5.91 Å². The first kappa shape index (κ1) is 19.5. The van der Waals surface area contributed by atoms with Crippen LogP contribution in [0.1, 0.15) is 10.4 Å². The molecule has 1 fully saturated rings. The van der Waals surface area contributed by atoms with E-state index >= 15 is 0 Å². The zero-order valence-electron chi connectivity index (χ0n) is 16.1. The van der Waals surface area contributed by atoms with Crippen LogP contribution in [-0.2, 0) is 4.79 Å². The number of ether oxygens (including phenoxy) is 2. The van der Waals surface area contributed by atoms with E-state index < -0.39 is 0 Å². The quantitative estimate of drug-likeness (QED) is 0.805. The lowest BCUT2D eigenvalue weighted by Gasteiger charge is -2.35. The van der Waals surface area contributed by atoms with Gasteiger partial charge in [-0.25, -0.2) is 4.98 Å². The Hall–Kier alpha value is -3.29. The van der Waals surface area contributed by atoms with Gasteiger partial charge in [-0.15, -0.1) is 0 Å². The van der Waals surface area contributed by atoms with Crippen LogP contribution in [0, 0.1) is 0 Å². The van der Waals surface area contributed by atoms with Crippen molar-refractivity contribution < 1.29 is 19.1 Å². The number of anilines is 1. The minimum absolute atomic E-state index is 0.0536. The van der Waals surface area contributed by atoms with Crippen molar-refractivity contribution in [2.45, 2.75) is 0 Å². The van der Waals surface area contributed by atoms with E-state index in [2.05, 4.69) is 15.2 Å². The number of methoxy groups -OCH3 is 2. The molecule has 0 bridgehead atoms. The number of carbonyl (C=O) groups is 2. The Morgan fingerprint density at radius 2 is 1.71 bits per heavy atom. The van der Waals surface area contributed by atoms with Crippen LogP contribution in [0.3, 0.4) is 0 Å². The summed E-state index contributed by atoms with van der Waals surface area (Å²) in [7, 11) is 3.04. The standard InChI is InChI=1S/C20H24N4O4/c1-27-16-11-15(12-17(13-16)28-2)20(26)22-14-19(25)24-9-7-23(8-10-24)18-5-3-4-6-21-18/h3-6,11-13H,7-10,14H2,1-2H3,(H,22,26). The molecule has 148 valence electrons. The molecule has 0 radical (unpaired) electrons. The third-order valence-electron chi connectivity index (χ3n) is 4.62. The molecule has 0 saturated carbocycles. The molecular formula is C20H24N4O4. The van der Waals surface area contributed by atoms with Crippen molar-refractivity contribution in [2.24, 2.45) is 0 Å². The second-order valence-electron chi connectivity index (χ2n) is 6.34. The SMILES string of the molecule is COc1cc(OC)cc(C(=O)NCC(=O)N2CCN(c3ccccn3)CC2)c1. The van der Waals surface area contributed by atoms with Crippen LogP contribution in [0.15, 0.2) is 42.6 Å². The van der Waals surface area contributed by atoms with Gasteiger partial charge in [0, 0.05) is 44.0 Å². The zero-order valence-corrected chi connectivity index (χ0v) is 16.1. The highest BCUT2D eigenvalue weighted by Crippen LogP contribution is 2.22. The van der Waals surface area contributed by atoms with E-state index in [0.717, 1.165) is 5.82 Å². The van der Waals surface area contributed by atoms with Gasteiger partial charge in [-0.2, -0.15) is 0 Å². The molecule has 1 aliphatic rings. The Morgan fingerprint density at radius 3 is 2.29 bits per heavy atom. The fraction of sp³-hybridized carbons (Fsp3) is 0.350. The van der Waals surface area contributed by atoms with E-state index in [1.165, 1.54) is 14.2 Å². The van der Waals surface area contributed by atoms with Crippen molar-refractivity contribution in [1.82, 2.24) is 15.2 Å². The number of pyridine rings is 1. The predicted molar refractivity (Wildman–Crippen MR) is 105 cm³/mol. The summed E-state index contributed by atoms with van der Waals surface area (Å²) in [5.74, 6) is 1.49. The average molecular weight is 384 g/mol. The normalized spacial score (nSPS) is 13.8. The molecule has 3 rings (SSSR count). The summed E-state index contributed by atoms with van der Waals surface area (Å²) in [5.41, 5.74) is 0.379. The number of carbonyl (C=O) groups excluding carboxylic acids is 2. The molecule has 2 heterocycles. The van der Waals surface area contributed by atoms with Crippen LogP contribution < -0.4 is 19.7 Å². The first-order valence-corrected chi connectivity index (χ1v) is 9.05. The average Bonchev–Trinajstić information content (AvgIpc) is 2.77. The van der Waals surface area contributed by atoms with Crippen LogP contribution in [-0.4, -0.2) is 68.6 Å². The van der Waals surface area contributed by atoms with Gasteiger partial charge in [-0.1, -0.05) is 6.07 Å². The summed E-state index contributed by atoms with van der Waals surface area (Å²) < 4.78 is 10.3. The molecule has 1 N–H and O–H groups in total. The summed E-state index contributed by atoms with van der Waals surface area (Å²) in [6, 6.07) is 10.7. The molecule has 8 heteroatoms. The summed E-state index contributed by atoms with van der Waals surface area (Å²) in [5, 5.41) is 2.67. The van der Waals surface area contributed by atoms with Gasteiger partial charge in [-0.3, -0.25) is 9.59 Å². The number of aromatic nitrogens is 1. The molecule has 0 aliphatic carbocycles. The number of hydrogen-bond acceptors (Lipinski definition) is 6. The largest absolute Gasteiger partial charge is 0.497 e. The Balaban J connectivity index is 1.51. The second-order valence-corrected chi connectivity index (χ2v) is 6.34. The van der Waals surface area contributed by atoms with Crippen molar-refractivity contribution in [3.8, 4) is 11.5 Å². The second kappa shape index (κ2) is 9.07. The number of nitrogens with zero attached hydrogens (tertiary/aromatic N) is 3. The van der Waals surface area contributed by atoms with Crippen LogP contribution in [0.25, 0.3) is 0 Å². The van der Waals surface area contributed by atoms with Crippen molar-refractivity contribution in [3.05, 3.63) is 48.2 Å². The number of amides is 2. The number of piperazine rings is 1. The number of hydrogen-bond donors (Lipinski definition) is 1. The van der Waals surface area contributed by atoms with E-state index in [9.17, 15) is 9.59 Å². The molecule has 8 nitrogen and oxygen atoms in total. The minimum Gasteiger partial charge on any atom is -0.497 e. The molecule has 2 amide bonds. The van der Waals surface area contributed by atoms with Gasteiger partial charge in [0.1, 0.15) is 17.3 Å². The van der Waals surface area contributed by atoms with Crippen molar-refractivity contribution in [2.75, 3.05) is 51.8 Å². The molecule has 0 atom stereocenters. The van der Waals surface area contributed by atoms with E-state index in [4.69, 9.17) is 9.47 Å². The van der Waals surface area contributed by atoms with Gasteiger partial charge < -0.3 is 24.6 Å². The van der Waals surface area contributed by atoms with E-state index in [-0.39, 0.29) is 18.4 Å². The first-order valence-electron chi connectivity index (χ1n) is 9.05. The van der Waals surface area contributed by atoms with Gasteiger partial charge in [0.05, 0.1) is 20.8 Å². The van der Waals surface area contributed by atoms with E-state index in [1.54, 1.807) is 29.3 Å². The molecule has 1 saturated heterocycles. The first-order chi connectivity index (χ1) is 13.6. The smallest absolute Gasteiger partial charge is 0.251 e. The Kier molecular flexibility index (Phi) is 6.31. The Bertz CT molecular complexity index is 798. The molecular weight excluding hydrogens is 360 g/mol. The van der Waals surface area contributed by atoms with E-state index in [1.807, 2.05) is 18.2 Å². The van der Waals surface area contributed by atoms with Gasteiger partial charge in [0.15, 0.2) is 0 Å². The number of benzene rings is 1. The van der Waals surface area contributed by atoms with Crippen molar-refractivity contribution in [3.63, 3.8) is 0 Å². The topological polar surface area (TPSA) is 84.0 Å². The zero-order chi connectivity index (χ0) is 19.9. The lowest BCUT2D eigenvalue weighted by Crippen LogP contribution is -2.51. The lowest BCUT2D eigenvalue weighted by molar-refractivity contribution is -0.130. The maximum Gasteiger partial charge on any atom is 0.251 e. The van der Waals surface area contributed by atoms with Gasteiger partial charge >= 0.3 is 0 Å². The molecule has 1 aromatic heterocycles. The van der Waals surface area contributed by atoms with E-state index in [0.29, 0.717) is 43.2 Å². The Labute approximate surface area is 164 Å². The van der Waals surface area contributed by atoms with Crippen molar-refractivity contribution >= 4 is 17.6 Å². The minimum atomic E-state index is -0.349. The third-order valence-corrected chi connectivity index (χ3v) is 4.62. The number of nitrogens with one attached hydrogen (secondary N) is 1. The summed E-state index contributed by atoms with van der Waals surface area (Å²) in [6.07, 6.45) is 1.76. The third kappa shape index (κ3) is 4.70. The maximum atomic E-state index is 12.5. The van der Waals surface area contributed by atoms with Crippen LogP contribution in [0.5, 0.6) is 11.5 Å². The highest BCUT2D eigenvalue weighted by atomic mass is 16.5. The van der Waals surface area contributed by atoms with Gasteiger partial charge in [0.25, 0.3) is 5.91 Å². The molecule has 0 unspecified atom stereocenters. The lowest BCUT2D eigenvalue weighted by atomic mass is 10.2. The van der Waals surface area contributed by atoms with Crippen LogP contribution >= 0.6 is 0 Å².